The van der Waals surface area contributed by atoms with Crippen molar-refractivity contribution in [2.24, 2.45) is 0 Å². The fourth-order valence-corrected chi connectivity index (χ4v) is 4.30. The van der Waals surface area contributed by atoms with Crippen LogP contribution in [-0.2, 0) is 4.79 Å². The van der Waals surface area contributed by atoms with Crippen LogP contribution in [0.2, 0.25) is 0 Å². The number of phenolic OH excluding ortho intramolecular Hbond substituents is 1. The molecular weight excluding hydrogens is 473 g/mol. The van der Waals surface area contributed by atoms with Crippen LogP contribution in [0.1, 0.15) is 13.3 Å². The zero-order valence-corrected chi connectivity index (χ0v) is 19.6. The lowest BCUT2D eigenvalue weighted by Crippen LogP contribution is -2.09. The van der Waals surface area contributed by atoms with Crippen molar-refractivity contribution in [2.75, 3.05) is 5.32 Å². The van der Waals surface area contributed by atoms with Crippen molar-refractivity contribution < 1.29 is 14.3 Å². The molecule has 0 radical (unpaired) electrons. The molecule has 182 valence electrons. The van der Waals surface area contributed by atoms with Gasteiger partial charge >= 0.3 is 0 Å². The van der Waals surface area contributed by atoms with Crippen molar-refractivity contribution in [3.8, 4) is 39.7 Å². The van der Waals surface area contributed by atoms with Crippen LogP contribution in [0.3, 0.4) is 0 Å². The van der Waals surface area contributed by atoms with Crippen LogP contribution in [0.5, 0.6) is 5.75 Å². The molecule has 0 aliphatic rings. The number of nitrogens with one attached hydrogen (secondary N) is 3. The van der Waals surface area contributed by atoms with Crippen molar-refractivity contribution in [3.05, 3.63) is 73.1 Å². The maximum absolute atomic E-state index is 14.0. The molecule has 6 aromatic rings. The van der Waals surface area contributed by atoms with Gasteiger partial charge in [-0.3, -0.25) is 24.8 Å². The summed E-state index contributed by atoms with van der Waals surface area (Å²) < 4.78 is 14.0. The summed E-state index contributed by atoms with van der Waals surface area (Å²) in [5, 5.41) is 21.8. The Morgan fingerprint density at radius 2 is 1.84 bits per heavy atom. The molecule has 0 bridgehead atoms. The van der Waals surface area contributed by atoms with Gasteiger partial charge in [-0.15, -0.1) is 0 Å². The lowest BCUT2D eigenvalue weighted by Gasteiger charge is -2.06. The molecule has 1 aromatic carbocycles. The summed E-state index contributed by atoms with van der Waals surface area (Å²) in [6, 6.07) is 11.3. The van der Waals surface area contributed by atoms with Crippen molar-refractivity contribution in [2.45, 2.75) is 13.3 Å². The van der Waals surface area contributed by atoms with Gasteiger partial charge in [0, 0.05) is 52.3 Å². The van der Waals surface area contributed by atoms with E-state index in [4.69, 9.17) is 0 Å². The van der Waals surface area contributed by atoms with Gasteiger partial charge in [0.25, 0.3) is 0 Å². The van der Waals surface area contributed by atoms with E-state index in [1.165, 1.54) is 12.1 Å². The third-order valence-corrected chi connectivity index (χ3v) is 6.05. The number of carbonyl (C=O) groups is 1. The van der Waals surface area contributed by atoms with E-state index in [9.17, 15) is 14.3 Å². The first-order valence-electron chi connectivity index (χ1n) is 11.6. The van der Waals surface area contributed by atoms with Gasteiger partial charge < -0.3 is 15.4 Å². The van der Waals surface area contributed by atoms with Crippen molar-refractivity contribution in [1.29, 1.82) is 0 Å². The predicted octanol–water partition coefficient (Wildman–Crippen LogP) is 5.42. The molecule has 0 fully saturated rings. The minimum atomic E-state index is -0.546. The fraction of sp³-hybridized carbons (Fsp3) is 0.0741. The molecule has 6 rings (SSSR count). The predicted molar refractivity (Wildman–Crippen MR) is 138 cm³/mol. The largest absolute Gasteiger partial charge is 0.508 e. The third-order valence-electron chi connectivity index (χ3n) is 6.05. The minimum absolute atomic E-state index is 0.0967. The zero-order chi connectivity index (χ0) is 25.5. The van der Waals surface area contributed by atoms with Crippen LogP contribution in [0.4, 0.5) is 10.1 Å². The van der Waals surface area contributed by atoms with Crippen LogP contribution < -0.4 is 5.32 Å². The average molecular weight is 494 g/mol. The van der Waals surface area contributed by atoms with Crippen LogP contribution in [0.25, 0.3) is 55.7 Å². The number of hydrogen-bond donors (Lipinski definition) is 4. The average Bonchev–Trinajstić information content (AvgIpc) is 3.51. The summed E-state index contributed by atoms with van der Waals surface area (Å²) >= 11 is 0. The topological polar surface area (TPSA) is 132 Å². The van der Waals surface area contributed by atoms with E-state index in [0.717, 1.165) is 39.1 Å². The maximum Gasteiger partial charge on any atom is 0.224 e. The van der Waals surface area contributed by atoms with Gasteiger partial charge in [0.05, 0.1) is 40.7 Å². The normalized spacial score (nSPS) is 11.3. The van der Waals surface area contributed by atoms with Crippen LogP contribution >= 0.6 is 0 Å². The fourth-order valence-electron chi connectivity index (χ4n) is 4.30. The molecule has 1 amide bonds. The molecule has 0 aliphatic carbocycles. The zero-order valence-electron chi connectivity index (χ0n) is 19.6. The Hall–Kier alpha value is -5.12. The Kier molecular flexibility index (Phi) is 5.33. The van der Waals surface area contributed by atoms with Gasteiger partial charge in [0.1, 0.15) is 17.3 Å². The van der Waals surface area contributed by atoms with E-state index < -0.39 is 5.82 Å². The summed E-state index contributed by atoms with van der Waals surface area (Å²) in [4.78, 5) is 28.4. The Morgan fingerprint density at radius 1 is 0.973 bits per heavy atom. The molecular formula is C27H20FN7O2. The van der Waals surface area contributed by atoms with Gasteiger partial charge in [-0.1, -0.05) is 6.92 Å². The number of phenols is 1. The molecule has 37 heavy (non-hydrogen) atoms. The number of rotatable bonds is 5. The minimum Gasteiger partial charge on any atom is -0.508 e. The van der Waals surface area contributed by atoms with Gasteiger partial charge in [-0.05, 0) is 36.4 Å². The summed E-state index contributed by atoms with van der Waals surface area (Å²) in [6.45, 7) is 1.79. The van der Waals surface area contributed by atoms with Crippen molar-refractivity contribution in [1.82, 2.24) is 30.1 Å². The highest BCUT2D eigenvalue weighted by atomic mass is 19.1. The summed E-state index contributed by atoms with van der Waals surface area (Å²) in [5.41, 5.74) is 5.95. The second-order valence-electron chi connectivity index (χ2n) is 8.55. The number of aromatic nitrogens is 6. The number of benzene rings is 1. The quantitative estimate of drug-likeness (QED) is 0.253. The van der Waals surface area contributed by atoms with Crippen molar-refractivity contribution >= 4 is 33.4 Å². The Bertz CT molecular complexity index is 1790. The monoisotopic (exact) mass is 493 g/mol. The number of nitrogens with zero attached hydrogens (tertiary/aromatic N) is 4. The van der Waals surface area contributed by atoms with E-state index in [1.807, 2.05) is 24.3 Å². The number of anilines is 1. The van der Waals surface area contributed by atoms with E-state index in [-0.39, 0.29) is 11.7 Å². The Labute approximate surface area is 209 Å². The summed E-state index contributed by atoms with van der Waals surface area (Å²) in [5.74, 6) is -0.813. The van der Waals surface area contributed by atoms with Crippen LogP contribution in [0.15, 0.2) is 67.3 Å². The third kappa shape index (κ3) is 4.14. The van der Waals surface area contributed by atoms with Gasteiger partial charge in [-0.25, -0.2) is 4.39 Å². The number of H-pyrrole nitrogens is 2. The maximum atomic E-state index is 14.0. The van der Waals surface area contributed by atoms with E-state index in [1.54, 1.807) is 31.7 Å². The number of halogens is 1. The first-order valence-corrected chi connectivity index (χ1v) is 11.6. The molecule has 0 spiro atoms. The lowest BCUT2D eigenvalue weighted by molar-refractivity contribution is -0.115. The van der Waals surface area contributed by atoms with Crippen LogP contribution in [-0.4, -0.2) is 41.1 Å². The molecule has 5 heterocycles. The molecule has 5 aromatic heterocycles. The molecule has 0 atom stereocenters. The van der Waals surface area contributed by atoms with Gasteiger partial charge in [0.2, 0.25) is 5.91 Å². The van der Waals surface area contributed by atoms with E-state index in [0.29, 0.717) is 34.8 Å². The Balaban J connectivity index is 1.43. The Morgan fingerprint density at radius 3 is 2.68 bits per heavy atom. The summed E-state index contributed by atoms with van der Waals surface area (Å²) in [7, 11) is 0. The number of aromatic amines is 2. The number of amides is 1. The number of fused-ring (bicyclic) bond motifs is 2. The highest BCUT2D eigenvalue weighted by molar-refractivity contribution is 6.00. The van der Waals surface area contributed by atoms with Crippen LogP contribution in [0, 0.1) is 5.82 Å². The second-order valence-corrected chi connectivity index (χ2v) is 8.55. The molecule has 0 saturated carbocycles. The molecule has 0 aliphatic heterocycles. The van der Waals surface area contributed by atoms with E-state index in [2.05, 4.69) is 35.5 Å². The number of aromatic hydroxyl groups is 1. The smallest absolute Gasteiger partial charge is 0.224 e. The standard InChI is InChI=1S/C27H20FN7O2/c1-2-25(37)32-17-6-15(11-29-12-17)22-9-20-24(13-31-22)34-35-27(20)23-10-19-21(33-23)3-4-30-26(19)14-5-16(28)8-18(36)7-14/h3-13,33,36H,2H2,1H3,(H,32,37)(H,34,35). The number of pyridine rings is 3. The molecule has 10 heteroatoms. The highest BCUT2D eigenvalue weighted by Gasteiger charge is 2.16. The molecule has 0 saturated heterocycles. The summed E-state index contributed by atoms with van der Waals surface area (Å²) in [6.07, 6.45) is 6.97. The first kappa shape index (κ1) is 22.4. The second kappa shape index (κ2) is 8.83. The van der Waals surface area contributed by atoms with Gasteiger partial charge in [-0.2, -0.15) is 5.10 Å². The van der Waals surface area contributed by atoms with Gasteiger partial charge in [0.15, 0.2) is 0 Å². The lowest BCUT2D eigenvalue weighted by atomic mass is 10.1. The SMILES string of the molecule is CCC(=O)Nc1cncc(-c2cc3c(-c4cc5c(-c6cc(O)cc(F)c6)nccc5[nH]4)n[nH]c3cn2)c1. The molecule has 0 unspecified atom stereocenters. The first-order chi connectivity index (χ1) is 18.0. The molecule has 4 N–H and O–H groups in total. The van der Waals surface area contributed by atoms with E-state index >= 15 is 0 Å². The van der Waals surface area contributed by atoms with Crippen molar-refractivity contribution in [3.63, 3.8) is 0 Å². The molecule has 9 nitrogen and oxygen atoms in total. The number of carbonyl (C=O) groups excluding carboxylic acids is 1. The highest BCUT2D eigenvalue weighted by Crippen LogP contribution is 2.35. The number of hydrogen-bond acceptors (Lipinski definition) is 6.